The topological polar surface area (TPSA) is 203 Å². The minimum atomic E-state index is -2.22. The SMILES string of the molecule is CCCC(=O)O[C@@]12CO[C@@H]1C[C@H](C)[C@@]1(C)C(=O)[C@H](OC(C)=O)C3=C(C)[C@@H](OC(=O)[C@H](C)[C@@H](NC(=O)OC(C)(C)C)c4ccco4)C[C@@](O)([C@@H](OC(=O)c4ccccc4)C12)C3(C)C. The molecule has 62 heavy (non-hydrogen) atoms. The average Bonchev–Trinajstić information content (AvgIpc) is 3.72. The molecule has 1 aromatic heterocycles. The van der Waals surface area contributed by atoms with E-state index in [-0.39, 0.29) is 42.8 Å². The number of ether oxygens (including phenoxy) is 6. The second-order valence-corrected chi connectivity index (χ2v) is 19.1. The van der Waals surface area contributed by atoms with Crippen LogP contribution in [-0.4, -0.2) is 88.7 Å². The zero-order valence-corrected chi connectivity index (χ0v) is 37.5. The van der Waals surface area contributed by atoms with Gasteiger partial charge in [-0.1, -0.05) is 52.8 Å². The number of alkyl carbamates (subject to hydrolysis) is 1. The first-order valence-electron chi connectivity index (χ1n) is 21.4. The van der Waals surface area contributed by atoms with Crippen molar-refractivity contribution in [3.05, 3.63) is 71.2 Å². The van der Waals surface area contributed by atoms with Crippen LogP contribution in [0.4, 0.5) is 4.79 Å². The number of nitrogens with one attached hydrogen (secondary N) is 1. The standard InChI is InChI=1S/C47H61NO14/c1-12-17-33(50)61-46-24-57-32(46)22-25(2)45(11)37(46)39(60-41(53)29-18-14-13-15-19-29)47(55)23-31(26(3)34(44(47,9)10)36(38(45)51)58-28(5)49)59-40(52)27(4)35(30-20-16-21-56-30)48-42(54)62-43(6,7)8/h13-16,18-21,25,27,31-32,35-37,39,55H,12,17,22-24H2,1-11H3,(H,48,54)/t25-,27+,31-,32+,35+,36+,37?,39-,45+,46-,47+/m0/s1. The Morgan fingerprint density at radius 3 is 2.24 bits per heavy atom. The van der Waals surface area contributed by atoms with Crippen LogP contribution in [0.15, 0.2) is 64.3 Å². The molecule has 15 heteroatoms. The average molecular weight is 864 g/mol. The Labute approximate surface area is 362 Å². The predicted octanol–water partition coefficient (Wildman–Crippen LogP) is 6.75. The highest BCUT2D eigenvalue weighted by atomic mass is 16.6. The first kappa shape index (κ1) is 46.5. The summed E-state index contributed by atoms with van der Waals surface area (Å²) in [6, 6.07) is 10.3. The predicted molar refractivity (Wildman–Crippen MR) is 221 cm³/mol. The number of hydrogen-bond acceptors (Lipinski definition) is 14. The highest BCUT2D eigenvalue weighted by Crippen LogP contribution is 2.65. The van der Waals surface area contributed by atoms with E-state index >= 15 is 4.79 Å². The van der Waals surface area contributed by atoms with Gasteiger partial charge >= 0.3 is 30.0 Å². The van der Waals surface area contributed by atoms with Gasteiger partial charge in [0.2, 0.25) is 0 Å². The molecular weight excluding hydrogens is 803 g/mol. The Morgan fingerprint density at radius 1 is 1.00 bits per heavy atom. The summed E-state index contributed by atoms with van der Waals surface area (Å²) >= 11 is 0. The number of benzene rings is 1. The Morgan fingerprint density at radius 2 is 1.68 bits per heavy atom. The van der Waals surface area contributed by atoms with E-state index in [1.807, 2.05) is 13.8 Å². The zero-order chi connectivity index (χ0) is 45.7. The summed E-state index contributed by atoms with van der Waals surface area (Å²) < 4.78 is 42.6. The van der Waals surface area contributed by atoms with E-state index in [4.69, 9.17) is 32.8 Å². The van der Waals surface area contributed by atoms with E-state index in [0.29, 0.717) is 12.0 Å². The smallest absolute Gasteiger partial charge is 0.408 e. The quantitative estimate of drug-likeness (QED) is 0.136. The van der Waals surface area contributed by atoms with E-state index < -0.39 is 112 Å². The number of amides is 1. The molecule has 2 heterocycles. The van der Waals surface area contributed by atoms with Crippen molar-refractivity contribution in [1.82, 2.24) is 5.32 Å². The maximum absolute atomic E-state index is 15.7. The molecule has 2 aromatic rings. The molecule has 0 radical (unpaired) electrons. The Balaban J connectivity index is 1.54. The zero-order valence-electron chi connectivity index (χ0n) is 37.5. The Kier molecular flexibility index (Phi) is 12.7. The molecule has 6 rings (SSSR count). The first-order chi connectivity index (χ1) is 28.9. The van der Waals surface area contributed by atoms with Crippen LogP contribution in [-0.2, 0) is 47.6 Å². The number of esters is 4. The molecule has 3 fully saturated rings. The van der Waals surface area contributed by atoms with Gasteiger partial charge in [0.1, 0.15) is 41.3 Å². The molecule has 11 atom stereocenters. The van der Waals surface area contributed by atoms with Gasteiger partial charge in [-0.15, -0.1) is 0 Å². The molecule has 0 spiro atoms. The van der Waals surface area contributed by atoms with Crippen LogP contribution in [0.25, 0.3) is 0 Å². The van der Waals surface area contributed by atoms with Gasteiger partial charge in [-0.25, -0.2) is 9.59 Å². The van der Waals surface area contributed by atoms with Gasteiger partial charge in [-0.2, -0.15) is 0 Å². The fourth-order valence-corrected chi connectivity index (χ4v) is 10.2. The maximum atomic E-state index is 15.7. The van der Waals surface area contributed by atoms with Crippen molar-refractivity contribution in [2.45, 2.75) is 149 Å². The van der Waals surface area contributed by atoms with Crippen molar-refractivity contribution in [3.63, 3.8) is 0 Å². The summed E-state index contributed by atoms with van der Waals surface area (Å²) in [6.07, 6.45) is -4.31. The summed E-state index contributed by atoms with van der Waals surface area (Å²) in [7, 11) is 0. The minimum absolute atomic E-state index is 0.0474. The lowest BCUT2D eigenvalue weighted by Crippen LogP contribution is -2.81. The van der Waals surface area contributed by atoms with E-state index in [9.17, 15) is 29.1 Å². The second kappa shape index (κ2) is 16.9. The normalized spacial score (nSPS) is 32.2. The Bertz CT molecular complexity index is 2090. The summed E-state index contributed by atoms with van der Waals surface area (Å²) in [5, 5.41) is 16.6. The van der Waals surface area contributed by atoms with Crippen molar-refractivity contribution in [2.75, 3.05) is 6.61 Å². The molecular formula is C47H61NO14. The summed E-state index contributed by atoms with van der Waals surface area (Å²) in [6.45, 7) is 18.0. The molecule has 4 aliphatic rings. The highest BCUT2D eigenvalue weighted by molar-refractivity contribution is 5.95. The number of fused-ring (bicyclic) bond motifs is 5. The van der Waals surface area contributed by atoms with Crippen LogP contribution in [0.2, 0.25) is 0 Å². The molecule has 2 saturated carbocycles. The van der Waals surface area contributed by atoms with E-state index in [1.54, 1.807) is 90.9 Å². The van der Waals surface area contributed by atoms with Gasteiger partial charge in [-0.05, 0) is 88.8 Å². The van der Waals surface area contributed by atoms with Crippen LogP contribution in [0.3, 0.4) is 0 Å². The molecule has 338 valence electrons. The van der Waals surface area contributed by atoms with Gasteiger partial charge in [0.05, 0.1) is 30.3 Å². The fraction of sp³-hybridized carbons (Fsp3) is 0.617. The monoisotopic (exact) mass is 863 g/mol. The van der Waals surface area contributed by atoms with Crippen LogP contribution in [0.1, 0.15) is 124 Å². The molecule has 1 aromatic carbocycles. The largest absolute Gasteiger partial charge is 0.467 e. The van der Waals surface area contributed by atoms with Gasteiger partial charge in [-0.3, -0.25) is 19.2 Å². The lowest BCUT2D eigenvalue weighted by molar-refractivity contribution is -0.341. The van der Waals surface area contributed by atoms with E-state index in [0.717, 1.165) is 0 Å². The van der Waals surface area contributed by atoms with E-state index in [1.165, 1.54) is 20.1 Å². The van der Waals surface area contributed by atoms with Crippen LogP contribution in [0, 0.1) is 28.6 Å². The third-order valence-corrected chi connectivity index (χ3v) is 13.7. The number of aliphatic hydroxyl groups is 1. The van der Waals surface area contributed by atoms with Crippen LogP contribution >= 0.6 is 0 Å². The first-order valence-corrected chi connectivity index (χ1v) is 21.4. The lowest BCUT2D eigenvalue weighted by atomic mass is 9.43. The molecule has 3 aliphatic carbocycles. The summed E-state index contributed by atoms with van der Waals surface area (Å²) in [5.74, 6) is -6.24. The van der Waals surface area contributed by atoms with Gasteiger partial charge in [0, 0.05) is 30.6 Å². The number of furan rings is 1. The molecule has 2 N–H and O–H groups in total. The number of ketones is 1. The molecule has 1 amide bonds. The van der Waals surface area contributed by atoms with Gasteiger partial charge in [0.15, 0.2) is 17.5 Å². The number of Topliss-reactive ketones (excluding diaryl/α,β-unsaturated/α-hetero) is 1. The lowest BCUT2D eigenvalue weighted by Gasteiger charge is -2.68. The molecule has 1 unspecified atom stereocenters. The van der Waals surface area contributed by atoms with Gasteiger partial charge in [0.25, 0.3) is 0 Å². The van der Waals surface area contributed by atoms with Crippen LogP contribution in [0.5, 0.6) is 0 Å². The number of rotatable bonds is 11. The van der Waals surface area contributed by atoms with Crippen LogP contribution < -0.4 is 5.32 Å². The van der Waals surface area contributed by atoms with Crippen molar-refractivity contribution in [3.8, 4) is 0 Å². The molecule has 1 saturated heterocycles. The molecule has 2 bridgehead atoms. The Hall–Kier alpha value is -5.02. The van der Waals surface area contributed by atoms with Crippen molar-refractivity contribution >= 4 is 35.8 Å². The number of carbonyl (C=O) groups is 6. The third-order valence-electron chi connectivity index (χ3n) is 13.7. The molecule has 15 nitrogen and oxygen atoms in total. The molecule has 1 aliphatic heterocycles. The second-order valence-electron chi connectivity index (χ2n) is 19.1. The van der Waals surface area contributed by atoms with E-state index in [2.05, 4.69) is 5.32 Å². The number of carbonyl (C=O) groups excluding carboxylic acids is 6. The highest BCUT2D eigenvalue weighted by Gasteiger charge is 2.78. The number of hydrogen-bond donors (Lipinski definition) is 2. The van der Waals surface area contributed by atoms with Crippen molar-refractivity contribution in [1.29, 1.82) is 0 Å². The minimum Gasteiger partial charge on any atom is -0.467 e. The summed E-state index contributed by atoms with van der Waals surface area (Å²) in [5.41, 5.74) is -7.11. The van der Waals surface area contributed by atoms with Gasteiger partial charge < -0.3 is 43.3 Å². The van der Waals surface area contributed by atoms with Crippen molar-refractivity contribution in [2.24, 2.45) is 28.6 Å². The summed E-state index contributed by atoms with van der Waals surface area (Å²) in [4.78, 5) is 84.4. The van der Waals surface area contributed by atoms with Crippen molar-refractivity contribution < 1.29 is 66.7 Å². The third kappa shape index (κ3) is 8.06. The maximum Gasteiger partial charge on any atom is 0.408 e. The fourth-order valence-electron chi connectivity index (χ4n) is 10.2.